The zero-order valence-electron chi connectivity index (χ0n) is 12.2. The topological polar surface area (TPSA) is 15.3 Å². The molecule has 1 rings (SSSR count). The summed E-state index contributed by atoms with van der Waals surface area (Å²) in [7, 11) is 0. The highest BCUT2D eigenvalue weighted by atomic mass is 15.1. The number of benzene rings is 1. The smallest absolute Gasteiger partial charge is 0.0449 e. The number of hydrogen-bond donors (Lipinski definition) is 1. The lowest BCUT2D eigenvalue weighted by atomic mass is 10.1. The second kappa shape index (κ2) is 9.12. The highest BCUT2D eigenvalue weighted by molar-refractivity contribution is 5.19. The molecule has 2 nitrogen and oxygen atoms in total. The lowest BCUT2D eigenvalue weighted by Gasteiger charge is -2.27. The molecule has 0 bridgehead atoms. The van der Waals surface area contributed by atoms with Crippen molar-refractivity contribution in [2.45, 2.75) is 39.7 Å². The van der Waals surface area contributed by atoms with Gasteiger partial charge >= 0.3 is 0 Å². The van der Waals surface area contributed by atoms with Crippen LogP contribution in [0.5, 0.6) is 0 Å². The normalized spacial score (nSPS) is 12.9. The van der Waals surface area contributed by atoms with Gasteiger partial charge in [0.2, 0.25) is 0 Å². The molecule has 0 saturated heterocycles. The Hall–Kier alpha value is -0.860. The Morgan fingerprint density at radius 1 is 1.00 bits per heavy atom. The predicted molar refractivity (Wildman–Crippen MR) is 79.9 cm³/mol. The van der Waals surface area contributed by atoms with E-state index in [1.165, 1.54) is 31.5 Å². The molecule has 0 amide bonds. The summed E-state index contributed by atoms with van der Waals surface area (Å²) in [5.41, 5.74) is 1.40. The fourth-order valence-corrected chi connectivity index (χ4v) is 2.40. The van der Waals surface area contributed by atoms with Gasteiger partial charge < -0.3 is 10.2 Å². The molecule has 1 unspecified atom stereocenters. The van der Waals surface area contributed by atoms with Gasteiger partial charge in [-0.1, -0.05) is 51.1 Å². The number of likely N-dealkylation sites (N-methyl/N-ethyl adjacent to an activating group) is 1. The van der Waals surface area contributed by atoms with Gasteiger partial charge in [-0.2, -0.15) is 0 Å². The van der Waals surface area contributed by atoms with Gasteiger partial charge in [-0.3, -0.25) is 0 Å². The Morgan fingerprint density at radius 2 is 1.61 bits per heavy atom. The molecule has 0 aromatic heterocycles. The maximum Gasteiger partial charge on any atom is 0.0449 e. The van der Waals surface area contributed by atoms with E-state index in [1.807, 2.05) is 0 Å². The molecule has 0 spiro atoms. The van der Waals surface area contributed by atoms with E-state index in [2.05, 4.69) is 61.3 Å². The molecule has 2 heteroatoms. The van der Waals surface area contributed by atoms with Crippen LogP contribution in [0.15, 0.2) is 30.3 Å². The van der Waals surface area contributed by atoms with E-state index in [-0.39, 0.29) is 0 Å². The van der Waals surface area contributed by atoms with Crippen LogP contribution in [0.3, 0.4) is 0 Å². The van der Waals surface area contributed by atoms with Gasteiger partial charge in [0.1, 0.15) is 0 Å². The highest BCUT2D eigenvalue weighted by Crippen LogP contribution is 2.14. The van der Waals surface area contributed by atoms with Crippen LogP contribution in [0.4, 0.5) is 0 Å². The monoisotopic (exact) mass is 248 g/mol. The van der Waals surface area contributed by atoms with Crippen molar-refractivity contribution in [3.8, 4) is 0 Å². The van der Waals surface area contributed by atoms with E-state index in [1.54, 1.807) is 0 Å². The molecular formula is C16H28N2. The molecular weight excluding hydrogens is 220 g/mol. The van der Waals surface area contributed by atoms with Crippen LogP contribution in [0.1, 0.15) is 45.2 Å². The summed E-state index contributed by atoms with van der Waals surface area (Å²) in [6.07, 6.45) is 2.46. The number of rotatable bonds is 9. The molecule has 0 aliphatic heterocycles. The molecule has 0 heterocycles. The Labute approximate surface area is 112 Å². The molecule has 102 valence electrons. The van der Waals surface area contributed by atoms with Gasteiger partial charge in [0.05, 0.1) is 0 Å². The highest BCUT2D eigenvalue weighted by Gasteiger charge is 2.13. The van der Waals surface area contributed by atoms with Gasteiger partial charge in [0, 0.05) is 12.6 Å². The first-order chi connectivity index (χ1) is 8.81. The minimum atomic E-state index is 0.453. The van der Waals surface area contributed by atoms with Crippen molar-refractivity contribution < 1.29 is 0 Å². The van der Waals surface area contributed by atoms with Gasteiger partial charge in [0.25, 0.3) is 0 Å². The Kier molecular flexibility index (Phi) is 7.70. The number of nitrogens with one attached hydrogen (secondary N) is 1. The zero-order valence-corrected chi connectivity index (χ0v) is 12.2. The Bertz CT molecular complexity index is 291. The first kappa shape index (κ1) is 15.2. The van der Waals surface area contributed by atoms with Gasteiger partial charge in [-0.25, -0.2) is 0 Å². The first-order valence-corrected chi connectivity index (χ1v) is 7.32. The SMILES string of the molecule is CCCN(CCC)CC(NCC)c1ccccc1. The second-order valence-electron chi connectivity index (χ2n) is 4.82. The van der Waals surface area contributed by atoms with Crippen LogP contribution in [-0.4, -0.2) is 31.1 Å². The summed E-state index contributed by atoms with van der Waals surface area (Å²) in [4.78, 5) is 2.57. The standard InChI is InChI=1S/C16H28N2/c1-4-12-18(13-5-2)14-16(17-6-3)15-10-8-7-9-11-15/h7-11,16-17H,4-6,12-14H2,1-3H3. The van der Waals surface area contributed by atoms with E-state index in [9.17, 15) is 0 Å². The molecule has 1 aromatic carbocycles. The molecule has 0 aliphatic rings. The third kappa shape index (κ3) is 5.19. The Morgan fingerprint density at radius 3 is 2.11 bits per heavy atom. The van der Waals surface area contributed by atoms with Crippen molar-refractivity contribution in [1.29, 1.82) is 0 Å². The maximum atomic E-state index is 3.60. The minimum Gasteiger partial charge on any atom is -0.309 e. The van der Waals surface area contributed by atoms with Crippen molar-refractivity contribution in [1.82, 2.24) is 10.2 Å². The summed E-state index contributed by atoms with van der Waals surface area (Å²) in [6, 6.07) is 11.2. The molecule has 0 radical (unpaired) electrons. The fourth-order valence-electron chi connectivity index (χ4n) is 2.40. The van der Waals surface area contributed by atoms with Crippen LogP contribution < -0.4 is 5.32 Å². The van der Waals surface area contributed by atoms with Crippen LogP contribution >= 0.6 is 0 Å². The van der Waals surface area contributed by atoms with E-state index < -0.39 is 0 Å². The third-order valence-corrected chi connectivity index (χ3v) is 3.17. The predicted octanol–water partition coefficient (Wildman–Crippen LogP) is 3.46. The van der Waals surface area contributed by atoms with Crippen LogP contribution in [-0.2, 0) is 0 Å². The molecule has 18 heavy (non-hydrogen) atoms. The van der Waals surface area contributed by atoms with Crippen molar-refractivity contribution in [3.63, 3.8) is 0 Å². The maximum absolute atomic E-state index is 3.60. The van der Waals surface area contributed by atoms with Gasteiger partial charge in [0.15, 0.2) is 0 Å². The number of hydrogen-bond acceptors (Lipinski definition) is 2. The quantitative estimate of drug-likeness (QED) is 0.720. The fraction of sp³-hybridized carbons (Fsp3) is 0.625. The lowest BCUT2D eigenvalue weighted by Crippen LogP contribution is -2.36. The molecule has 0 fully saturated rings. The van der Waals surface area contributed by atoms with Crippen molar-refractivity contribution in [3.05, 3.63) is 35.9 Å². The summed E-state index contributed by atoms with van der Waals surface area (Å²) in [5.74, 6) is 0. The molecule has 0 saturated carbocycles. The largest absolute Gasteiger partial charge is 0.309 e. The number of nitrogens with zero attached hydrogens (tertiary/aromatic N) is 1. The Balaban J connectivity index is 2.66. The average molecular weight is 248 g/mol. The van der Waals surface area contributed by atoms with E-state index in [4.69, 9.17) is 0 Å². The summed E-state index contributed by atoms with van der Waals surface area (Å²) >= 11 is 0. The van der Waals surface area contributed by atoms with Crippen LogP contribution in [0, 0.1) is 0 Å². The van der Waals surface area contributed by atoms with Crippen LogP contribution in [0.2, 0.25) is 0 Å². The van der Waals surface area contributed by atoms with Crippen LogP contribution in [0.25, 0.3) is 0 Å². The minimum absolute atomic E-state index is 0.453. The third-order valence-electron chi connectivity index (χ3n) is 3.17. The summed E-state index contributed by atoms with van der Waals surface area (Å²) < 4.78 is 0. The molecule has 1 N–H and O–H groups in total. The second-order valence-corrected chi connectivity index (χ2v) is 4.82. The first-order valence-electron chi connectivity index (χ1n) is 7.32. The molecule has 1 atom stereocenters. The zero-order chi connectivity index (χ0) is 13.2. The van der Waals surface area contributed by atoms with Crippen molar-refractivity contribution >= 4 is 0 Å². The van der Waals surface area contributed by atoms with E-state index in [0.717, 1.165) is 13.1 Å². The summed E-state index contributed by atoms with van der Waals surface area (Å²) in [6.45, 7) is 11.2. The lowest BCUT2D eigenvalue weighted by molar-refractivity contribution is 0.244. The average Bonchev–Trinajstić information content (AvgIpc) is 2.40. The van der Waals surface area contributed by atoms with E-state index in [0.29, 0.717) is 6.04 Å². The van der Waals surface area contributed by atoms with Gasteiger partial charge in [-0.15, -0.1) is 0 Å². The summed E-state index contributed by atoms with van der Waals surface area (Å²) in [5, 5.41) is 3.60. The van der Waals surface area contributed by atoms with Crippen molar-refractivity contribution in [2.24, 2.45) is 0 Å². The van der Waals surface area contributed by atoms with Gasteiger partial charge in [-0.05, 0) is 38.0 Å². The molecule has 0 aliphatic carbocycles. The van der Waals surface area contributed by atoms with E-state index >= 15 is 0 Å². The van der Waals surface area contributed by atoms with Crippen molar-refractivity contribution in [2.75, 3.05) is 26.2 Å². The molecule has 1 aromatic rings.